The molecule has 26 heavy (non-hydrogen) atoms. The van der Waals surface area contributed by atoms with E-state index in [4.69, 9.17) is 4.74 Å². The van der Waals surface area contributed by atoms with Crippen molar-refractivity contribution in [2.75, 3.05) is 18.8 Å². The molecule has 0 radical (unpaired) electrons. The van der Waals surface area contributed by atoms with Gasteiger partial charge < -0.3 is 14.2 Å². The molecule has 0 aliphatic carbocycles. The molecule has 0 N–H and O–H groups in total. The van der Waals surface area contributed by atoms with Crippen LogP contribution in [0.5, 0.6) is 0 Å². The van der Waals surface area contributed by atoms with Gasteiger partial charge in [0.1, 0.15) is 10.9 Å². The number of imidazole rings is 1. The summed E-state index contributed by atoms with van der Waals surface area (Å²) >= 11 is 1.40. The number of aryl methyl sites for hydroxylation is 1. The zero-order valence-corrected chi connectivity index (χ0v) is 16.9. The Balaban J connectivity index is 1.83. The zero-order chi connectivity index (χ0) is 19.1. The smallest absolute Gasteiger partial charge is 0.410 e. The second kappa shape index (κ2) is 6.70. The standard InChI is InChI=1S/C17H23N3O4S2/c1-17(2,3)24-16(21)20-7-8-26(22,23)15(10-20)14-6-5-13(25-14)12-9-19(4)11-18-12/h5-6,9,11,15H,7-8,10H2,1-4H3. The molecule has 2 aromatic heterocycles. The number of carbonyl (C=O) groups excluding carboxylic acids is 1. The number of rotatable bonds is 2. The highest BCUT2D eigenvalue weighted by molar-refractivity contribution is 7.91. The van der Waals surface area contributed by atoms with Crippen LogP contribution in [0.2, 0.25) is 0 Å². The number of carbonyl (C=O) groups is 1. The van der Waals surface area contributed by atoms with Crippen molar-refractivity contribution in [2.45, 2.75) is 31.6 Å². The maximum atomic E-state index is 12.6. The van der Waals surface area contributed by atoms with E-state index < -0.39 is 26.8 Å². The topological polar surface area (TPSA) is 81.5 Å². The molecule has 1 saturated heterocycles. The van der Waals surface area contributed by atoms with E-state index >= 15 is 0 Å². The Labute approximate surface area is 157 Å². The largest absolute Gasteiger partial charge is 0.444 e. The molecule has 0 bridgehead atoms. The average Bonchev–Trinajstić information content (AvgIpc) is 3.13. The molecule has 1 aliphatic rings. The number of sulfone groups is 1. The molecular weight excluding hydrogens is 374 g/mol. The van der Waals surface area contributed by atoms with Crippen LogP contribution < -0.4 is 0 Å². The molecule has 1 atom stereocenters. The minimum Gasteiger partial charge on any atom is -0.444 e. The fourth-order valence-electron chi connectivity index (χ4n) is 2.75. The molecule has 2 aromatic rings. The number of hydrogen-bond donors (Lipinski definition) is 0. The minimum atomic E-state index is -3.32. The first-order valence-corrected chi connectivity index (χ1v) is 10.9. The lowest BCUT2D eigenvalue weighted by Crippen LogP contribution is -2.47. The van der Waals surface area contributed by atoms with Crippen LogP contribution in [0.3, 0.4) is 0 Å². The van der Waals surface area contributed by atoms with Gasteiger partial charge in [-0.2, -0.15) is 0 Å². The third-order valence-corrected chi connectivity index (χ3v) is 7.41. The molecule has 9 heteroatoms. The van der Waals surface area contributed by atoms with E-state index in [1.54, 1.807) is 27.1 Å². The molecule has 0 spiro atoms. The van der Waals surface area contributed by atoms with Crippen molar-refractivity contribution in [1.82, 2.24) is 14.5 Å². The predicted molar refractivity (Wildman–Crippen MR) is 101 cm³/mol. The van der Waals surface area contributed by atoms with Crippen LogP contribution in [0.25, 0.3) is 10.6 Å². The van der Waals surface area contributed by atoms with Gasteiger partial charge in [-0.25, -0.2) is 18.2 Å². The highest BCUT2D eigenvalue weighted by atomic mass is 32.2. The van der Waals surface area contributed by atoms with Gasteiger partial charge in [-0.1, -0.05) is 0 Å². The maximum Gasteiger partial charge on any atom is 0.410 e. The van der Waals surface area contributed by atoms with Crippen molar-refractivity contribution in [3.8, 4) is 10.6 Å². The number of aromatic nitrogens is 2. The lowest BCUT2D eigenvalue weighted by molar-refractivity contribution is 0.0254. The summed E-state index contributed by atoms with van der Waals surface area (Å²) in [5.41, 5.74) is 0.193. The fraction of sp³-hybridized carbons (Fsp3) is 0.529. The van der Waals surface area contributed by atoms with Crippen LogP contribution in [0.1, 0.15) is 30.9 Å². The summed E-state index contributed by atoms with van der Waals surface area (Å²) in [5, 5.41) is -0.730. The van der Waals surface area contributed by atoms with Crippen molar-refractivity contribution >= 4 is 27.3 Å². The third kappa shape index (κ3) is 4.09. The van der Waals surface area contributed by atoms with Gasteiger partial charge in [0, 0.05) is 31.2 Å². The van der Waals surface area contributed by atoms with Crippen molar-refractivity contribution in [3.63, 3.8) is 0 Å². The molecule has 0 aromatic carbocycles. The summed E-state index contributed by atoms with van der Waals surface area (Å²) in [6, 6.07) is 3.69. The number of thiophene rings is 1. The quantitative estimate of drug-likeness (QED) is 0.778. The Morgan fingerprint density at radius 3 is 2.69 bits per heavy atom. The number of ether oxygens (including phenoxy) is 1. The monoisotopic (exact) mass is 397 g/mol. The Bertz CT molecular complexity index is 909. The molecule has 3 rings (SSSR count). The van der Waals surface area contributed by atoms with E-state index in [2.05, 4.69) is 4.98 Å². The first kappa shape index (κ1) is 18.9. The number of hydrogen-bond acceptors (Lipinski definition) is 6. The van der Waals surface area contributed by atoms with Gasteiger partial charge in [0.25, 0.3) is 0 Å². The molecule has 1 unspecified atom stereocenters. The van der Waals surface area contributed by atoms with Gasteiger partial charge in [-0.3, -0.25) is 0 Å². The molecule has 0 saturated carbocycles. The summed E-state index contributed by atoms with van der Waals surface area (Å²) in [6.45, 7) is 5.65. The van der Waals surface area contributed by atoms with Crippen LogP contribution >= 0.6 is 11.3 Å². The first-order valence-electron chi connectivity index (χ1n) is 8.33. The van der Waals surface area contributed by atoms with E-state index in [1.807, 2.05) is 29.9 Å². The van der Waals surface area contributed by atoms with Gasteiger partial charge >= 0.3 is 6.09 Å². The highest BCUT2D eigenvalue weighted by Crippen LogP contribution is 2.36. The molecule has 1 amide bonds. The molecule has 1 fully saturated rings. The minimum absolute atomic E-state index is 0.0618. The number of amides is 1. The first-order chi connectivity index (χ1) is 12.0. The molecule has 3 heterocycles. The summed E-state index contributed by atoms with van der Waals surface area (Å²) in [4.78, 5) is 19.7. The number of nitrogens with zero attached hydrogens (tertiary/aromatic N) is 3. The van der Waals surface area contributed by atoms with Crippen molar-refractivity contribution in [3.05, 3.63) is 29.5 Å². The summed E-state index contributed by atoms with van der Waals surface area (Å²) in [7, 11) is -1.43. The third-order valence-electron chi connectivity index (χ3n) is 4.02. The molecule has 1 aliphatic heterocycles. The van der Waals surface area contributed by atoms with Gasteiger partial charge in [-0.05, 0) is 32.9 Å². The van der Waals surface area contributed by atoms with Crippen LogP contribution in [0.4, 0.5) is 4.79 Å². The SMILES string of the molecule is Cn1cnc(-c2ccc(C3CN(C(=O)OC(C)(C)C)CCS3(=O)=O)s2)c1. The molecule has 142 valence electrons. The Kier molecular flexibility index (Phi) is 4.87. The van der Waals surface area contributed by atoms with Gasteiger partial charge in [0.2, 0.25) is 0 Å². The predicted octanol–water partition coefficient (Wildman–Crippen LogP) is 2.86. The summed E-state index contributed by atoms with van der Waals surface area (Å²) < 4.78 is 32.4. The molecular formula is C17H23N3O4S2. The Hall–Kier alpha value is -1.87. The van der Waals surface area contributed by atoms with E-state index in [1.165, 1.54) is 16.2 Å². The van der Waals surface area contributed by atoms with E-state index in [0.717, 1.165) is 15.4 Å². The van der Waals surface area contributed by atoms with Crippen molar-refractivity contribution in [2.24, 2.45) is 7.05 Å². The van der Waals surface area contributed by atoms with Gasteiger partial charge in [0.15, 0.2) is 9.84 Å². The van der Waals surface area contributed by atoms with E-state index in [9.17, 15) is 13.2 Å². The average molecular weight is 398 g/mol. The highest BCUT2D eigenvalue weighted by Gasteiger charge is 2.38. The lowest BCUT2D eigenvalue weighted by atomic mass is 10.2. The zero-order valence-electron chi connectivity index (χ0n) is 15.3. The van der Waals surface area contributed by atoms with Crippen molar-refractivity contribution < 1.29 is 17.9 Å². The second-order valence-electron chi connectivity index (χ2n) is 7.41. The van der Waals surface area contributed by atoms with Gasteiger partial charge in [0.05, 0.1) is 22.7 Å². The van der Waals surface area contributed by atoms with Gasteiger partial charge in [-0.15, -0.1) is 11.3 Å². The van der Waals surface area contributed by atoms with Crippen LogP contribution in [0.15, 0.2) is 24.7 Å². The normalized spacial score (nSPS) is 20.2. The van der Waals surface area contributed by atoms with Crippen LogP contribution in [-0.4, -0.2) is 53.4 Å². The second-order valence-corrected chi connectivity index (χ2v) is 10.8. The van der Waals surface area contributed by atoms with E-state index in [0.29, 0.717) is 0 Å². The molecule has 7 nitrogen and oxygen atoms in total. The fourth-order valence-corrected chi connectivity index (χ4v) is 5.87. The lowest BCUT2D eigenvalue weighted by Gasteiger charge is -2.33. The van der Waals surface area contributed by atoms with Crippen LogP contribution in [-0.2, 0) is 21.6 Å². The van der Waals surface area contributed by atoms with Crippen molar-refractivity contribution in [1.29, 1.82) is 0 Å². The van der Waals surface area contributed by atoms with Crippen LogP contribution in [0, 0.1) is 0 Å². The van der Waals surface area contributed by atoms with E-state index in [-0.39, 0.29) is 18.8 Å². The Morgan fingerprint density at radius 1 is 1.35 bits per heavy atom. The Morgan fingerprint density at radius 2 is 2.08 bits per heavy atom. The summed E-state index contributed by atoms with van der Waals surface area (Å²) in [6.07, 6.45) is 3.12. The summed E-state index contributed by atoms with van der Waals surface area (Å²) in [5.74, 6) is -0.0618. The maximum absolute atomic E-state index is 12.6.